The van der Waals surface area contributed by atoms with E-state index in [-0.39, 0.29) is 10.7 Å². The van der Waals surface area contributed by atoms with E-state index in [0.717, 1.165) is 17.8 Å². The summed E-state index contributed by atoms with van der Waals surface area (Å²) in [4.78, 5) is 14.0. The van der Waals surface area contributed by atoms with Crippen molar-refractivity contribution in [1.29, 1.82) is 0 Å². The Morgan fingerprint density at radius 3 is 2.84 bits per heavy atom. The Morgan fingerprint density at radius 1 is 1.32 bits per heavy atom. The maximum absolute atomic E-state index is 11.9. The number of para-hydroxylation sites is 1. The Labute approximate surface area is 120 Å². The summed E-state index contributed by atoms with van der Waals surface area (Å²) in [6.07, 6.45) is 4.26. The van der Waals surface area contributed by atoms with E-state index in [1.165, 1.54) is 0 Å². The van der Waals surface area contributed by atoms with Crippen molar-refractivity contribution in [3.05, 3.63) is 48.3 Å². The SMILES string of the molecule is O=C1CC(Br)CN1Cc1ccccc1-n1cccn1. The van der Waals surface area contributed by atoms with Crippen LogP contribution in [0, 0.1) is 0 Å². The lowest BCUT2D eigenvalue weighted by atomic mass is 10.1. The van der Waals surface area contributed by atoms with Crippen molar-refractivity contribution in [2.45, 2.75) is 17.8 Å². The minimum atomic E-state index is 0.206. The summed E-state index contributed by atoms with van der Waals surface area (Å²) in [5.74, 6) is 0.206. The van der Waals surface area contributed by atoms with E-state index in [9.17, 15) is 4.79 Å². The van der Waals surface area contributed by atoms with Gasteiger partial charge in [-0.1, -0.05) is 34.1 Å². The van der Waals surface area contributed by atoms with E-state index in [1.807, 2.05) is 46.1 Å². The fraction of sp³-hybridized carbons (Fsp3) is 0.286. The summed E-state index contributed by atoms with van der Waals surface area (Å²) in [6.45, 7) is 1.41. The second-order valence-corrected chi connectivity index (χ2v) is 5.95. The molecule has 3 rings (SSSR count). The number of nitrogens with zero attached hydrogens (tertiary/aromatic N) is 3. The zero-order valence-electron chi connectivity index (χ0n) is 10.4. The second-order valence-electron chi connectivity index (χ2n) is 4.66. The van der Waals surface area contributed by atoms with Crippen molar-refractivity contribution in [2.75, 3.05) is 6.54 Å². The quantitative estimate of drug-likeness (QED) is 0.815. The lowest BCUT2D eigenvalue weighted by Crippen LogP contribution is -2.25. The molecular formula is C14H14BrN3O. The van der Waals surface area contributed by atoms with Gasteiger partial charge in [-0.05, 0) is 17.7 Å². The van der Waals surface area contributed by atoms with Crippen LogP contribution in [-0.4, -0.2) is 32.0 Å². The fourth-order valence-corrected chi connectivity index (χ4v) is 2.99. The third-order valence-corrected chi connectivity index (χ3v) is 3.88. The van der Waals surface area contributed by atoms with Crippen LogP contribution in [0.1, 0.15) is 12.0 Å². The molecule has 1 amide bonds. The highest BCUT2D eigenvalue weighted by molar-refractivity contribution is 9.09. The summed E-state index contributed by atoms with van der Waals surface area (Å²) in [7, 11) is 0. The number of aromatic nitrogens is 2. The zero-order chi connectivity index (χ0) is 13.2. The average molecular weight is 320 g/mol. The molecule has 1 aliphatic heterocycles. The molecule has 4 nitrogen and oxygen atoms in total. The summed E-state index contributed by atoms with van der Waals surface area (Å²) in [6, 6.07) is 9.95. The number of hydrogen-bond donors (Lipinski definition) is 0. The summed E-state index contributed by atoms with van der Waals surface area (Å²) < 4.78 is 1.83. The molecule has 1 saturated heterocycles. The smallest absolute Gasteiger partial charge is 0.224 e. The van der Waals surface area contributed by atoms with Gasteiger partial charge in [0.25, 0.3) is 0 Å². The molecule has 98 valence electrons. The van der Waals surface area contributed by atoms with Crippen LogP contribution in [0.15, 0.2) is 42.7 Å². The van der Waals surface area contributed by atoms with Gasteiger partial charge in [0.2, 0.25) is 5.91 Å². The van der Waals surface area contributed by atoms with E-state index < -0.39 is 0 Å². The van der Waals surface area contributed by atoms with Crippen molar-refractivity contribution in [1.82, 2.24) is 14.7 Å². The second kappa shape index (κ2) is 5.17. The normalized spacial score (nSPS) is 19.1. The van der Waals surface area contributed by atoms with Crippen molar-refractivity contribution in [2.24, 2.45) is 0 Å². The van der Waals surface area contributed by atoms with Crippen LogP contribution in [0.5, 0.6) is 0 Å². The lowest BCUT2D eigenvalue weighted by Gasteiger charge is -2.18. The standard InChI is InChI=1S/C14H14BrN3O/c15-12-8-14(19)17(10-12)9-11-4-1-2-5-13(11)18-7-3-6-16-18/h1-7,12H,8-10H2. The van der Waals surface area contributed by atoms with Crippen LogP contribution in [0.3, 0.4) is 0 Å². The van der Waals surface area contributed by atoms with Gasteiger partial charge in [0.1, 0.15) is 0 Å². The molecule has 1 atom stereocenters. The number of likely N-dealkylation sites (tertiary alicyclic amines) is 1. The monoisotopic (exact) mass is 319 g/mol. The molecule has 0 saturated carbocycles. The van der Waals surface area contributed by atoms with E-state index in [1.54, 1.807) is 6.20 Å². The molecule has 19 heavy (non-hydrogen) atoms. The van der Waals surface area contributed by atoms with E-state index in [4.69, 9.17) is 0 Å². The molecule has 2 aromatic rings. The number of benzene rings is 1. The van der Waals surface area contributed by atoms with Crippen LogP contribution < -0.4 is 0 Å². The fourth-order valence-electron chi connectivity index (χ4n) is 2.36. The first kappa shape index (κ1) is 12.4. The van der Waals surface area contributed by atoms with Crippen molar-refractivity contribution in [3.63, 3.8) is 0 Å². The molecule has 0 N–H and O–H groups in total. The first-order valence-corrected chi connectivity index (χ1v) is 7.15. The highest BCUT2D eigenvalue weighted by Gasteiger charge is 2.28. The van der Waals surface area contributed by atoms with Crippen molar-refractivity contribution >= 4 is 21.8 Å². The molecule has 0 spiro atoms. The van der Waals surface area contributed by atoms with Gasteiger partial charge < -0.3 is 4.90 Å². The van der Waals surface area contributed by atoms with Crippen LogP contribution in [0.4, 0.5) is 0 Å². The highest BCUT2D eigenvalue weighted by Crippen LogP contribution is 2.22. The molecule has 1 aromatic heterocycles. The van der Waals surface area contributed by atoms with Gasteiger partial charge in [0.15, 0.2) is 0 Å². The van der Waals surface area contributed by atoms with Gasteiger partial charge in [0.05, 0.1) is 5.69 Å². The summed E-state index contributed by atoms with van der Waals surface area (Å²) in [5.41, 5.74) is 2.14. The number of amides is 1. The number of hydrogen-bond acceptors (Lipinski definition) is 2. The van der Waals surface area contributed by atoms with Gasteiger partial charge in [-0.2, -0.15) is 5.10 Å². The molecule has 1 unspecified atom stereocenters. The Kier molecular flexibility index (Phi) is 3.38. The molecule has 1 fully saturated rings. The zero-order valence-corrected chi connectivity index (χ0v) is 12.0. The van der Waals surface area contributed by atoms with Crippen LogP contribution in [0.2, 0.25) is 0 Å². The molecule has 1 aliphatic rings. The number of rotatable bonds is 3. The maximum Gasteiger partial charge on any atom is 0.224 e. The Balaban J connectivity index is 1.87. The number of alkyl halides is 1. The summed E-state index contributed by atoms with van der Waals surface area (Å²) >= 11 is 3.51. The topological polar surface area (TPSA) is 38.1 Å². The molecule has 0 radical (unpaired) electrons. The molecule has 5 heteroatoms. The van der Waals surface area contributed by atoms with Gasteiger partial charge in [-0.15, -0.1) is 0 Å². The number of carbonyl (C=O) groups excluding carboxylic acids is 1. The third kappa shape index (κ3) is 2.56. The maximum atomic E-state index is 11.9. The van der Waals surface area contributed by atoms with Crippen LogP contribution in [-0.2, 0) is 11.3 Å². The Bertz CT molecular complexity index is 582. The largest absolute Gasteiger partial charge is 0.337 e. The Morgan fingerprint density at radius 2 is 2.16 bits per heavy atom. The van der Waals surface area contributed by atoms with Crippen molar-refractivity contribution < 1.29 is 4.79 Å². The average Bonchev–Trinajstić information content (AvgIpc) is 3.01. The predicted molar refractivity (Wildman–Crippen MR) is 76.3 cm³/mol. The van der Waals surface area contributed by atoms with Gasteiger partial charge in [0, 0.05) is 36.7 Å². The first-order valence-electron chi connectivity index (χ1n) is 6.24. The lowest BCUT2D eigenvalue weighted by molar-refractivity contribution is -0.128. The van der Waals surface area contributed by atoms with Gasteiger partial charge in [-0.3, -0.25) is 4.79 Å². The van der Waals surface area contributed by atoms with Crippen LogP contribution >= 0.6 is 15.9 Å². The number of halogens is 1. The molecule has 0 aliphatic carbocycles. The van der Waals surface area contributed by atoms with Gasteiger partial charge in [-0.25, -0.2) is 4.68 Å². The minimum absolute atomic E-state index is 0.206. The highest BCUT2D eigenvalue weighted by atomic mass is 79.9. The molecule has 2 heterocycles. The minimum Gasteiger partial charge on any atom is -0.337 e. The van der Waals surface area contributed by atoms with Gasteiger partial charge >= 0.3 is 0 Å². The summed E-state index contributed by atoms with van der Waals surface area (Å²) in [5, 5.41) is 4.26. The number of carbonyl (C=O) groups is 1. The molecular weight excluding hydrogens is 306 g/mol. The van der Waals surface area contributed by atoms with E-state index in [2.05, 4.69) is 21.0 Å². The van der Waals surface area contributed by atoms with Crippen molar-refractivity contribution in [3.8, 4) is 5.69 Å². The van der Waals surface area contributed by atoms with Crippen LogP contribution in [0.25, 0.3) is 5.69 Å². The third-order valence-electron chi connectivity index (χ3n) is 3.27. The molecule has 0 bridgehead atoms. The first-order chi connectivity index (χ1) is 9.24. The predicted octanol–water partition coefficient (Wildman–Crippen LogP) is 2.37. The van der Waals surface area contributed by atoms with E-state index in [0.29, 0.717) is 13.0 Å². The van der Waals surface area contributed by atoms with E-state index >= 15 is 0 Å². The Hall–Kier alpha value is -1.62. The molecule has 1 aromatic carbocycles.